The molecule has 3 saturated carbocycles. The van der Waals surface area contributed by atoms with Gasteiger partial charge in [-0.1, -0.05) is 23.7 Å². The maximum Gasteiger partial charge on any atom is 0.303 e. The number of rotatable bonds is 7. The Labute approximate surface area is 231 Å². The summed E-state index contributed by atoms with van der Waals surface area (Å²) >= 11 is 6.24. The Bertz CT molecular complexity index is 1210. The van der Waals surface area contributed by atoms with E-state index in [1.165, 1.54) is 0 Å². The first-order valence-electron chi connectivity index (χ1n) is 14.1. The van der Waals surface area contributed by atoms with E-state index in [9.17, 15) is 23.5 Å². The first kappa shape index (κ1) is 26.4. The van der Waals surface area contributed by atoms with Crippen LogP contribution in [-0.2, 0) is 15.3 Å². The number of aliphatic carboxylic acids is 1. The Morgan fingerprint density at radius 1 is 0.923 bits per heavy atom. The molecule has 9 heteroatoms. The molecule has 1 atom stereocenters. The van der Waals surface area contributed by atoms with Crippen LogP contribution in [-0.4, -0.2) is 23.0 Å². The minimum atomic E-state index is -1.12. The predicted molar refractivity (Wildman–Crippen MR) is 145 cm³/mol. The van der Waals surface area contributed by atoms with Gasteiger partial charge in [0.1, 0.15) is 5.66 Å². The molecule has 3 fully saturated rings. The first-order valence-corrected chi connectivity index (χ1v) is 14.4. The largest absolute Gasteiger partial charge is 0.481 e. The fourth-order valence-corrected chi connectivity index (χ4v) is 8.08. The van der Waals surface area contributed by atoms with Gasteiger partial charge in [0, 0.05) is 29.6 Å². The third-order valence-corrected chi connectivity index (χ3v) is 9.97. The minimum Gasteiger partial charge on any atom is -0.481 e. The van der Waals surface area contributed by atoms with Gasteiger partial charge in [0.05, 0.1) is 17.3 Å². The molecule has 208 valence electrons. The molecule has 0 spiro atoms. The Morgan fingerprint density at radius 2 is 1.46 bits per heavy atom. The van der Waals surface area contributed by atoms with Crippen LogP contribution in [0.3, 0.4) is 0 Å². The summed E-state index contributed by atoms with van der Waals surface area (Å²) in [5, 5.41) is 20.0. The fraction of sp³-hybridized carbons (Fsp3) is 0.533. The molecular formula is C30H34ClF2N3O3. The van der Waals surface area contributed by atoms with Gasteiger partial charge in [-0.3, -0.25) is 9.59 Å². The Hall–Kier alpha value is -2.87. The summed E-state index contributed by atoms with van der Waals surface area (Å²) in [5.41, 5.74) is 0.496. The summed E-state index contributed by atoms with van der Waals surface area (Å²) in [5.74, 6) is -2.26. The van der Waals surface area contributed by atoms with Crippen molar-refractivity contribution in [2.75, 3.05) is 10.6 Å². The molecule has 2 aromatic carbocycles. The molecule has 1 unspecified atom stereocenters. The van der Waals surface area contributed by atoms with E-state index in [4.69, 9.17) is 11.6 Å². The minimum absolute atomic E-state index is 0.0370. The summed E-state index contributed by atoms with van der Waals surface area (Å²) in [4.78, 5) is 25.6. The lowest BCUT2D eigenvalue weighted by Crippen LogP contribution is -2.57. The molecule has 0 saturated heterocycles. The zero-order chi connectivity index (χ0) is 27.3. The van der Waals surface area contributed by atoms with Gasteiger partial charge in [0.25, 0.3) is 0 Å². The second-order valence-corrected chi connectivity index (χ2v) is 12.4. The molecule has 1 aliphatic heterocycles. The van der Waals surface area contributed by atoms with E-state index in [2.05, 4.69) is 16.0 Å². The lowest BCUT2D eigenvalue weighted by Gasteiger charge is -2.43. The van der Waals surface area contributed by atoms with Crippen molar-refractivity contribution in [3.8, 4) is 0 Å². The molecule has 0 aromatic heterocycles. The summed E-state index contributed by atoms with van der Waals surface area (Å²) in [7, 11) is 0. The van der Waals surface area contributed by atoms with E-state index >= 15 is 0 Å². The van der Waals surface area contributed by atoms with Crippen molar-refractivity contribution in [2.45, 2.75) is 69.5 Å². The molecular weight excluding hydrogens is 524 g/mol. The molecule has 39 heavy (non-hydrogen) atoms. The van der Waals surface area contributed by atoms with Crippen LogP contribution in [0, 0.1) is 41.2 Å². The van der Waals surface area contributed by atoms with Gasteiger partial charge >= 0.3 is 5.97 Å². The molecule has 0 radical (unpaired) electrons. The average Bonchev–Trinajstić information content (AvgIpc) is 3.59. The number of halogens is 3. The SMILES string of the molecule is O=C(O)CC1CCC(NC(=O)C(C2C3CCC2CC3)C2(c3ccc(Cl)cc3)Nc3cc(F)c(F)cc3N2)CC1. The third kappa shape index (κ3) is 4.85. The van der Waals surface area contributed by atoms with Crippen LogP contribution in [0.5, 0.6) is 0 Å². The van der Waals surface area contributed by atoms with Crippen molar-refractivity contribution in [3.63, 3.8) is 0 Å². The Morgan fingerprint density at radius 3 is 1.97 bits per heavy atom. The van der Waals surface area contributed by atoms with E-state index in [0.717, 1.165) is 69.1 Å². The second-order valence-electron chi connectivity index (χ2n) is 11.9. The molecule has 3 aliphatic carbocycles. The Kier molecular flexibility index (Phi) is 6.94. The van der Waals surface area contributed by atoms with Gasteiger partial charge in [-0.25, -0.2) is 8.78 Å². The third-order valence-electron chi connectivity index (χ3n) is 9.72. The maximum absolute atomic E-state index is 14.4. The lowest BCUT2D eigenvalue weighted by atomic mass is 9.72. The summed E-state index contributed by atoms with van der Waals surface area (Å²) in [6.07, 6.45) is 7.46. The Balaban J connectivity index is 1.36. The van der Waals surface area contributed by atoms with Gasteiger partial charge in [-0.2, -0.15) is 0 Å². The van der Waals surface area contributed by atoms with Crippen molar-refractivity contribution in [1.82, 2.24) is 5.32 Å². The van der Waals surface area contributed by atoms with Gasteiger partial charge in [-0.05, 0) is 92.7 Å². The standard InChI is InChI=1S/C30H34ClF2N3O3/c31-20-9-7-19(8-10-20)30(35-24-14-22(32)23(33)15-25(24)36-30)28(27-17-3-4-18(27)6-5-17)29(39)34-21-11-1-16(2-12-21)13-26(37)38/h7-10,14-18,21,27-28,35-36H,1-6,11-13H2,(H,34,39)(H,37,38). The van der Waals surface area contributed by atoms with Crippen LogP contribution in [0.1, 0.15) is 63.4 Å². The topological polar surface area (TPSA) is 90.5 Å². The van der Waals surface area contributed by atoms with Crippen molar-refractivity contribution >= 4 is 34.9 Å². The molecule has 2 bridgehead atoms. The molecule has 6 nitrogen and oxygen atoms in total. The van der Waals surface area contributed by atoms with E-state index in [1.807, 2.05) is 12.1 Å². The number of hydrogen-bond acceptors (Lipinski definition) is 4. The normalized spacial score (nSPS) is 29.3. The monoisotopic (exact) mass is 557 g/mol. The highest BCUT2D eigenvalue weighted by Gasteiger charge is 2.58. The van der Waals surface area contributed by atoms with Crippen molar-refractivity contribution < 1.29 is 23.5 Å². The van der Waals surface area contributed by atoms with Gasteiger partial charge in [0.15, 0.2) is 11.6 Å². The molecule has 2 aromatic rings. The number of carbonyl (C=O) groups excluding carboxylic acids is 1. The molecule has 6 rings (SSSR count). The summed E-state index contributed by atoms with van der Waals surface area (Å²) in [6, 6.07) is 9.55. The maximum atomic E-state index is 14.4. The zero-order valence-corrected chi connectivity index (χ0v) is 22.4. The van der Waals surface area contributed by atoms with Crippen LogP contribution < -0.4 is 16.0 Å². The number of benzene rings is 2. The van der Waals surface area contributed by atoms with Gasteiger partial charge in [-0.15, -0.1) is 0 Å². The number of hydrogen-bond donors (Lipinski definition) is 4. The van der Waals surface area contributed by atoms with Crippen molar-refractivity contribution in [3.05, 3.63) is 58.6 Å². The number of nitrogens with one attached hydrogen (secondary N) is 3. The number of carboxylic acids is 1. The lowest BCUT2D eigenvalue weighted by molar-refractivity contribution is -0.138. The number of anilines is 2. The van der Waals surface area contributed by atoms with E-state index in [-0.39, 0.29) is 30.2 Å². The first-order chi connectivity index (χ1) is 18.7. The summed E-state index contributed by atoms with van der Waals surface area (Å²) < 4.78 is 28.6. The van der Waals surface area contributed by atoms with Crippen LogP contribution in [0.15, 0.2) is 36.4 Å². The van der Waals surface area contributed by atoms with Crippen LogP contribution >= 0.6 is 11.6 Å². The van der Waals surface area contributed by atoms with Crippen molar-refractivity contribution in [2.24, 2.45) is 29.6 Å². The average molecular weight is 558 g/mol. The molecule has 4 aliphatic rings. The highest BCUT2D eigenvalue weighted by atomic mass is 35.5. The highest BCUT2D eigenvalue weighted by molar-refractivity contribution is 6.30. The van der Waals surface area contributed by atoms with Crippen LogP contribution in [0.2, 0.25) is 5.02 Å². The van der Waals surface area contributed by atoms with Crippen LogP contribution in [0.25, 0.3) is 0 Å². The highest BCUT2D eigenvalue weighted by Crippen LogP contribution is 2.58. The predicted octanol–water partition coefficient (Wildman–Crippen LogP) is 6.51. The van der Waals surface area contributed by atoms with Gasteiger partial charge in [0.2, 0.25) is 5.91 Å². The van der Waals surface area contributed by atoms with E-state index in [1.54, 1.807) is 12.1 Å². The van der Waals surface area contributed by atoms with Crippen LogP contribution in [0.4, 0.5) is 20.2 Å². The second kappa shape index (κ2) is 10.3. The van der Waals surface area contributed by atoms with Gasteiger partial charge < -0.3 is 21.1 Å². The molecule has 1 heterocycles. The number of carboxylic acid groups (broad SMARTS) is 1. The van der Waals surface area contributed by atoms with E-state index < -0.39 is 29.2 Å². The smallest absolute Gasteiger partial charge is 0.303 e. The molecule has 1 amide bonds. The van der Waals surface area contributed by atoms with Crippen molar-refractivity contribution in [1.29, 1.82) is 0 Å². The molecule has 4 N–H and O–H groups in total. The number of carbonyl (C=O) groups is 2. The quantitative estimate of drug-likeness (QED) is 0.311. The fourth-order valence-electron chi connectivity index (χ4n) is 7.95. The number of fused-ring (bicyclic) bond motifs is 3. The summed E-state index contributed by atoms with van der Waals surface area (Å²) in [6.45, 7) is 0. The number of amides is 1. The van der Waals surface area contributed by atoms with E-state index in [0.29, 0.717) is 28.2 Å². The zero-order valence-electron chi connectivity index (χ0n) is 21.7.